The number of carbonyl (C=O) groups is 1. The number of rotatable bonds is 5. The minimum absolute atomic E-state index is 0.0273. The van der Waals surface area contributed by atoms with E-state index in [2.05, 4.69) is 0 Å². The topological polar surface area (TPSA) is 61.1 Å². The molecule has 3 rings (SSSR count). The van der Waals surface area contributed by atoms with Crippen LogP contribution in [0.15, 0.2) is 54.7 Å². The normalized spacial score (nSPS) is 10.7. The molecular weight excluding hydrogens is 314 g/mol. The Kier molecular flexibility index (Phi) is 4.57. The molecule has 0 atom stereocenters. The SMILES string of the molecule is COc1cccc(-c2c[n+](CC(=O)c3ccc(C)cc3)c(N)n2C)c1. The highest BCUT2D eigenvalue weighted by molar-refractivity contribution is 5.95. The molecule has 0 bridgehead atoms. The van der Waals surface area contributed by atoms with Crippen molar-refractivity contribution in [3.63, 3.8) is 0 Å². The van der Waals surface area contributed by atoms with Crippen LogP contribution in [0.5, 0.6) is 5.75 Å². The molecule has 5 heteroatoms. The van der Waals surface area contributed by atoms with Gasteiger partial charge in [0.25, 0.3) is 0 Å². The molecule has 0 aliphatic carbocycles. The molecule has 5 nitrogen and oxygen atoms in total. The maximum absolute atomic E-state index is 12.5. The maximum atomic E-state index is 12.5. The second kappa shape index (κ2) is 6.81. The van der Waals surface area contributed by atoms with Gasteiger partial charge in [0.2, 0.25) is 0 Å². The number of ketones is 1. The molecule has 0 aliphatic rings. The second-order valence-corrected chi connectivity index (χ2v) is 6.08. The first kappa shape index (κ1) is 16.8. The molecule has 0 saturated carbocycles. The summed E-state index contributed by atoms with van der Waals surface area (Å²) in [6, 6.07) is 15.3. The van der Waals surface area contributed by atoms with Gasteiger partial charge in [-0.2, -0.15) is 0 Å². The molecule has 1 aromatic heterocycles. The first-order valence-corrected chi connectivity index (χ1v) is 8.08. The summed E-state index contributed by atoms with van der Waals surface area (Å²) in [5, 5.41) is 0. The van der Waals surface area contributed by atoms with E-state index in [1.807, 2.05) is 73.3 Å². The molecule has 1 heterocycles. The van der Waals surface area contributed by atoms with E-state index in [9.17, 15) is 4.79 Å². The summed E-state index contributed by atoms with van der Waals surface area (Å²) in [6.07, 6.45) is 1.90. The highest BCUT2D eigenvalue weighted by Gasteiger charge is 2.20. The van der Waals surface area contributed by atoms with Crippen LogP contribution in [0.25, 0.3) is 11.3 Å². The Morgan fingerprint density at radius 2 is 1.92 bits per heavy atom. The molecule has 2 aromatic carbocycles. The van der Waals surface area contributed by atoms with Crippen molar-refractivity contribution in [1.82, 2.24) is 4.57 Å². The lowest BCUT2D eigenvalue weighted by Crippen LogP contribution is -2.39. The zero-order chi connectivity index (χ0) is 18.0. The van der Waals surface area contributed by atoms with Gasteiger partial charge >= 0.3 is 5.95 Å². The van der Waals surface area contributed by atoms with Crippen LogP contribution >= 0.6 is 0 Å². The zero-order valence-corrected chi connectivity index (χ0v) is 14.7. The van der Waals surface area contributed by atoms with Crippen LogP contribution in [-0.4, -0.2) is 17.5 Å². The molecule has 2 N–H and O–H groups in total. The monoisotopic (exact) mass is 336 g/mol. The molecule has 0 amide bonds. The number of imidazole rings is 1. The highest BCUT2D eigenvalue weighted by atomic mass is 16.5. The molecule has 0 aliphatic heterocycles. The third kappa shape index (κ3) is 3.40. The van der Waals surface area contributed by atoms with E-state index in [4.69, 9.17) is 10.5 Å². The van der Waals surface area contributed by atoms with Crippen molar-refractivity contribution in [2.45, 2.75) is 13.5 Å². The summed E-state index contributed by atoms with van der Waals surface area (Å²) in [4.78, 5) is 12.5. The van der Waals surface area contributed by atoms with E-state index in [0.29, 0.717) is 11.5 Å². The van der Waals surface area contributed by atoms with Crippen LogP contribution in [0.2, 0.25) is 0 Å². The molecule has 128 valence electrons. The fourth-order valence-corrected chi connectivity index (χ4v) is 2.78. The number of nitrogen functional groups attached to an aromatic ring is 1. The second-order valence-electron chi connectivity index (χ2n) is 6.08. The number of ether oxygens (including phenoxy) is 1. The molecule has 0 spiro atoms. The first-order valence-electron chi connectivity index (χ1n) is 8.08. The minimum atomic E-state index is 0.0273. The Hall–Kier alpha value is -3.08. The zero-order valence-electron chi connectivity index (χ0n) is 14.7. The summed E-state index contributed by atoms with van der Waals surface area (Å²) < 4.78 is 8.93. The van der Waals surface area contributed by atoms with Gasteiger partial charge in [0.1, 0.15) is 24.2 Å². The number of benzene rings is 2. The number of Topliss-reactive ketones (excluding diaryl/α,β-unsaturated/α-hetero) is 1. The van der Waals surface area contributed by atoms with E-state index < -0.39 is 0 Å². The van der Waals surface area contributed by atoms with Crippen LogP contribution in [0.3, 0.4) is 0 Å². The average Bonchev–Trinajstić information content (AvgIpc) is 2.90. The van der Waals surface area contributed by atoms with E-state index in [1.54, 1.807) is 11.7 Å². The summed E-state index contributed by atoms with van der Waals surface area (Å²) in [5.74, 6) is 1.33. The smallest absolute Gasteiger partial charge is 0.355 e. The van der Waals surface area contributed by atoms with Crippen molar-refractivity contribution in [2.75, 3.05) is 12.8 Å². The summed E-state index contributed by atoms with van der Waals surface area (Å²) in [7, 11) is 3.52. The highest BCUT2D eigenvalue weighted by Crippen LogP contribution is 2.24. The molecule has 0 fully saturated rings. The van der Waals surface area contributed by atoms with Crippen LogP contribution < -0.4 is 15.0 Å². The van der Waals surface area contributed by atoms with Gasteiger partial charge in [-0.25, -0.2) is 9.13 Å². The van der Waals surface area contributed by atoms with Crippen molar-refractivity contribution in [1.29, 1.82) is 0 Å². The summed E-state index contributed by atoms with van der Waals surface area (Å²) in [6.45, 7) is 2.20. The third-order valence-electron chi connectivity index (χ3n) is 4.33. The van der Waals surface area contributed by atoms with Crippen LogP contribution in [0, 0.1) is 6.92 Å². The number of aromatic nitrogens is 2. The van der Waals surface area contributed by atoms with Crippen molar-refractivity contribution in [3.05, 3.63) is 65.9 Å². The standard InChI is InChI=1S/C20H21N3O2/c1-14-7-9-15(10-8-14)19(24)13-23-12-18(22(2)20(23)21)16-5-4-6-17(11-16)25-3/h4-12,21H,13H2,1-3H3/p+1. The Bertz CT molecular complexity index is 911. The number of nitrogens with zero attached hydrogens (tertiary/aromatic N) is 2. The van der Waals surface area contributed by atoms with Crippen molar-refractivity contribution >= 4 is 11.7 Å². The largest absolute Gasteiger partial charge is 0.497 e. The van der Waals surface area contributed by atoms with Gasteiger partial charge in [0.15, 0.2) is 5.78 Å². The predicted molar refractivity (Wildman–Crippen MR) is 97.5 cm³/mol. The molecular formula is C20H22N3O2+. The third-order valence-corrected chi connectivity index (χ3v) is 4.33. The van der Waals surface area contributed by atoms with Crippen LogP contribution in [-0.2, 0) is 13.6 Å². The lowest BCUT2D eigenvalue weighted by molar-refractivity contribution is -0.667. The first-order chi connectivity index (χ1) is 12.0. The van der Waals surface area contributed by atoms with Crippen molar-refractivity contribution in [3.8, 4) is 17.0 Å². The van der Waals surface area contributed by atoms with Gasteiger partial charge in [-0.1, -0.05) is 42.0 Å². The van der Waals surface area contributed by atoms with Gasteiger partial charge in [0, 0.05) is 11.1 Å². The average molecular weight is 336 g/mol. The van der Waals surface area contributed by atoms with Gasteiger partial charge in [0.05, 0.1) is 14.2 Å². The fraction of sp³-hybridized carbons (Fsp3) is 0.200. The summed E-state index contributed by atoms with van der Waals surface area (Å²) >= 11 is 0. The van der Waals surface area contributed by atoms with Crippen molar-refractivity contribution < 1.29 is 14.1 Å². The number of methoxy groups -OCH3 is 1. The predicted octanol–water partition coefficient (Wildman–Crippen LogP) is 2.76. The molecule has 0 radical (unpaired) electrons. The van der Waals surface area contributed by atoms with Gasteiger partial charge < -0.3 is 4.74 Å². The van der Waals surface area contributed by atoms with Crippen LogP contribution in [0.4, 0.5) is 5.95 Å². The number of nitrogens with two attached hydrogens (primary N) is 1. The van der Waals surface area contributed by atoms with Gasteiger partial charge in [-0.3, -0.25) is 10.5 Å². The molecule has 3 aromatic rings. The van der Waals surface area contributed by atoms with Crippen LogP contribution in [0.1, 0.15) is 15.9 Å². The number of carbonyl (C=O) groups excluding carboxylic acids is 1. The molecule has 25 heavy (non-hydrogen) atoms. The number of aryl methyl sites for hydroxylation is 1. The Morgan fingerprint density at radius 3 is 2.60 bits per heavy atom. The van der Waals surface area contributed by atoms with E-state index in [-0.39, 0.29) is 12.3 Å². The molecule has 0 unspecified atom stereocenters. The Labute approximate surface area is 147 Å². The number of hydrogen-bond donors (Lipinski definition) is 1. The van der Waals surface area contributed by atoms with E-state index in [1.165, 1.54) is 0 Å². The molecule has 0 saturated heterocycles. The quantitative estimate of drug-likeness (QED) is 0.576. The lowest BCUT2D eigenvalue weighted by atomic mass is 10.1. The van der Waals surface area contributed by atoms with Gasteiger partial charge in [-0.15, -0.1) is 0 Å². The Morgan fingerprint density at radius 1 is 1.20 bits per heavy atom. The lowest BCUT2D eigenvalue weighted by Gasteiger charge is -2.02. The van der Waals surface area contributed by atoms with E-state index in [0.717, 1.165) is 22.6 Å². The fourth-order valence-electron chi connectivity index (χ4n) is 2.78. The van der Waals surface area contributed by atoms with E-state index >= 15 is 0 Å². The number of hydrogen-bond acceptors (Lipinski definition) is 3. The number of anilines is 1. The minimum Gasteiger partial charge on any atom is -0.497 e. The maximum Gasteiger partial charge on any atom is 0.355 e. The van der Waals surface area contributed by atoms with Gasteiger partial charge in [-0.05, 0) is 19.1 Å². The summed E-state index contributed by atoms with van der Waals surface area (Å²) in [5.41, 5.74) is 9.92. The van der Waals surface area contributed by atoms with Crippen molar-refractivity contribution in [2.24, 2.45) is 7.05 Å². The Balaban J connectivity index is 1.90.